The minimum Gasteiger partial charge on any atom is -0.0885 e. The highest BCUT2D eigenvalue weighted by Gasteiger charge is 1.93. The third-order valence-corrected chi connectivity index (χ3v) is 2.72. The van der Waals surface area contributed by atoms with Crippen molar-refractivity contribution in [1.82, 2.24) is 0 Å². The Bertz CT molecular complexity index is 110. The number of hydrogen-bond acceptors (Lipinski definition) is 0. The Balaban J connectivity index is 2.09. The molecule has 1 aliphatic carbocycles. The number of allylic oxidation sites excluding steroid dienone is 2. The van der Waals surface area contributed by atoms with Gasteiger partial charge in [0.1, 0.15) is 0 Å². The fourth-order valence-electron chi connectivity index (χ4n) is 1.84. The number of rotatable bonds is 0. The van der Waals surface area contributed by atoms with Crippen LogP contribution in [-0.4, -0.2) is 0 Å². The molecule has 1 aliphatic rings. The lowest BCUT2D eigenvalue weighted by atomic mass is 10.1. The van der Waals surface area contributed by atoms with E-state index < -0.39 is 0 Å². The molecule has 75 valence electrons. The third-order valence-electron chi connectivity index (χ3n) is 2.72. The summed E-state index contributed by atoms with van der Waals surface area (Å²) in [6.07, 6.45) is 21.0. The van der Waals surface area contributed by atoms with E-state index in [1.165, 1.54) is 64.2 Å². The molecule has 0 aromatic heterocycles. The van der Waals surface area contributed by atoms with Gasteiger partial charge in [-0.05, 0) is 38.5 Å². The van der Waals surface area contributed by atoms with E-state index >= 15 is 0 Å². The lowest BCUT2D eigenvalue weighted by molar-refractivity contribution is 0.609. The zero-order valence-corrected chi connectivity index (χ0v) is 8.80. The molecule has 0 aromatic rings. The van der Waals surface area contributed by atoms with Gasteiger partial charge in [0, 0.05) is 0 Å². The maximum Gasteiger partial charge on any atom is -0.0351 e. The first-order valence-electron chi connectivity index (χ1n) is 5.97. The smallest absolute Gasteiger partial charge is 0.0351 e. The van der Waals surface area contributed by atoms with E-state index in [0.29, 0.717) is 0 Å². The molecular weight excluding hydrogens is 156 g/mol. The van der Waals surface area contributed by atoms with Crippen LogP contribution in [0.4, 0.5) is 0 Å². The molecular formula is C13H23. The van der Waals surface area contributed by atoms with Gasteiger partial charge in [-0.1, -0.05) is 44.3 Å². The normalized spacial score (nSPS) is 25.2. The first kappa shape index (κ1) is 10.8. The summed E-state index contributed by atoms with van der Waals surface area (Å²) in [7, 11) is 0. The summed E-state index contributed by atoms with van der Waals surface area (Å²) in [5.41, 5.74) is 0. The molecule has 0 aromatic carbocycles. The van der Waals surface area contributed by atoms with E-state index in [4.69, 9.17) is 0 Å². The van der Waals surface area contributed by atoms with Crippen LogP contribution in [0.3, 0.4) is 0 Å². The van der Waals surface area contributed by atoms with Crippen molar-refractivity contribution in [3.05, 3.63) is 18.6 Å². The van der Waals surface area contributed by atoms with E-state index in [0.717, 1.165) is 0 Å². The molecule has 0 spiro atoms. The minimum absolute atomic E-state index is 1.29. The van der Waals surface area contributed by atoms with Gasteiger partial charge in [0.15, 0.2) is 0 Å². The predicted molar refractivity (Wildman–Crippen MR) is 59.6 cm³/mol. The summed E-state index contributed by atoms with van der Waals surface area (Å²) in [6.45, 7) is 0. The summed E-state index contributed by atoms with van der Waals surface area (Å²) >= 11 is 0. The van der Waals surface area contributed by atoms with Crippen molar-refractivity contribution in [2.45, 2.75) is 64.2 Å². The number of hydrogen-bond donors (Lipinski definition) is 0. The Morgan fingerprint density at radius 2 is 1.00 bits per heavy atom. The van der Waals surface area contributed by atoms with E-state index in [-0.39, 0.29) is 0 Å². The van der Waals surface area contributed by atoms with Gasteiger partial charge >= 0.3 is 0 Å². The largest absolute Gasteiger partial charge is 0.0885 e. The minimum atomic E-state index is 1.29. The van der Waals surface area contributed by atoms with Crippen molar-refractivity contribution in [3.63, 3.8) is 0 Å². The van der Waals surface area contributed by atoms with Crippen molar-refractivity contribution in [3.8, 4) is 0 Å². The van der Waals surface area contributed by atoms with Gasteiger partial charge in [0.05, 0.1) is 0 Å². The van der Waals surface area contributed by atoms with Crippen LogP contribution in [-0.2, 0) is 0 Å². The van der Waals surface area contributed by atoms with Crippen molar-refractivity contribution in [1.29, 1.82) is 0 Å². The molecule has 1 rings (SSSR count). The van der Waals surface area contributed by atoms with Gasteiger partial charge < -0.3 is 0 Å². The van der Waals surface area contributed by atoms with Crippen LogP contribution in [0, 0.1) is 6.42 Å². The average Bonchev–Trinajstić information content (AvgIpc) is 2.18. The molecule has 0 N–H and O–H groups in total. The molecule has 0 fully saturated rings. The van der Waals surface area contributed by atoms with Gasteiger partial charge in [0.25, 0.3) is 0 Å². The van der Waals surface area contributed by atoms with E-state index in [2.05, 4.69) is 18.6 Å². The van der Waals surface area contributed by atoms with Gasteiger partial charge in [0.2, 0.25) is 0 Å². The third kappa shape index (κ3) is 6.86. The van der Waals surface area contributed by atoms with Crippen LogP contribution in [0.1, 0.15) is 64.2 Å². The maximum atomic E-state index is 2.48. The fourth-order valence-corrected chi connectivity index (χ4v) is 1.84. The monoisotopic (exact) mass is 179 g/mol. The zero-order chi connectivity index (χ0) is 9.19. The highest BCUT2D eigenvalue weighted by Crippen LogP contribution is 2.12. The van der Waals surface area contributed by atoms with Crippen molar-refractivity contribution >= 4 is 0 Å². The van der Waals surface area contributed by atoms with Crippen LogP contribution in [0.5, 0.6) is 0 Å². The molecule has 0 atom stereocenters. The van der Waals surface area contributed by atoms with Crippen molar-refractivity contribution < 1.29 is 0 Å². The second-order valence-electron chi connectivity index (χ2n) is 4.04. The van der Waals surface area contributed by atoms with E-state index in [9.17, 15) is 0 Å². The van der Waals surface area contributed by atoms with Crippen LogP contribution in [0.15, 0.2) is 12.2 Å². The van der Waals surface area contributed by atoms with Gasteiger partial charge in [-0.15, -0.1) is 0 Å². The molecule has 0 heterocycles. The van der Waals surface area contributed by atoms with Crippen LogP contribution < -0.4 is 0 Å². The Morgan fingerprint density at radius 1 is 0.462 bits per heavy atom. The van der Waals surface area contributed by atoms with E-state index in [1.54, 1.807) is 0 Å². The predicted octanol–water partition coefficient (Wildman–Crippen LogP) is 4.66. The fraction of sp³-hybridized carbons (Fsp3) is 0.769. The molecule has 0 amide bonds. The van der Waals surface area contributed by atoms with Crippen LogP contribution in [0.25, 0.3) is 0 Å². The Hall–Kier alpha value is -0.260. The summed E-state index contributed by atoms with van der Waals surface area (Å²) < 4.78 is 0. The quantitative estimate of drug-likeness (QED) is 0.474. The lowest BCUT2D eigenvalue weighted by Gasteiger charge is -1.99. The lowest BCUT2D eigenvalue weighted by Crippen LogP contribution is -1.81. The average molecular weight is 179 g/mol. The standard InChI is InChI=1S/C13H23/c1-2-4-6-8-10-12-13-11-9-7-5-3-1/h1-2,9H,3-8,10-13H2/b2-1+. The van der Waals surface area contributed by atoms with Crippen LogP contribution in [0.2, 0.25) is 0 Å². The van der Waals surface area contributed by atoms with Crippen molar-refractivity contribution in [2.75, 3.05) is 0 Å². The first-order valence-corrected chi connectivity index (χ1v) is 5.97. The highest BCUT2D eigenvalue weighted by atomic mass is 14.0. The van der Waals surface area contributed by atoms with Gasteiger partial charge in [-0.3, -0.25) is 0 Å². The first-order chi connectivity index (χ1) is 6.50. The summed E-state index contributed by atoms with van der Waals surface area (Å²) in [5.74, 6) is 0. The second-order valence-corrected chi connectivity index (χ2v) is 4.04. The Labute approximate surface area is 83.4 Å². The summed E-state index contributed by atoms with van der Waals surface area (Å²) in [5, 5.41) is 0. The molecule has 0 saturated heterocycles. The molecule has 0 nitrogen and oxygen atoms in total. The molecule has 0 saturated carbocycles. The maximum absolute atomic E-state index is 2.48. The molecule has 0 heteroatoms. The molecule has 0 unspecified atom stereocenters. The highest BCUT2D eigenvalue weighted by molar-refractivity contribution is 4.82. The Kier molecular flexibility index (Phi) is 6.94. The van der Waals surface area contributed by atoms with Crippen LogP contribution >= 0.6 is 0 Å². The Morgan fingerprint density at radius 3 is 1.85 bits per heavy atom. The topological polar surface area (TPSA) is 0 Å². The zero-order valence-electron chi connectivity index (χ0n) is 8.80. The van der Waals surface area contributed by atoms with E-state index in [1.807, 2.05) is 0 Å². The van der Waals surface area contributed by atoms with Gasteiger partial charge in [-0.25, -0.2) is 0 Å². The second kappa shape index (κ2) is 8.34. The van der Waals surface area contributed by atoms with Gasteiger partial charge in [-0.2, -0.15) is 0 Å². The molecule has 13 heavy (non-hydrogen) atoms. The summed E-state index contributed by atoms with van der Waals surface area (Å²) in [6, 6.07) is 0. The molecule has 0 aliphatic heterocycles. The molecule has 0 bridgehead atoms. The van der Waals surface area contributed by atoms with Crippen molar-refractivity contribution in [2.24, 2.45) is 0 Å². The summed E-state index contributed by atoms with van der Waals surface area (Å²) in [4.78, 5) is 0. The molecule has 1 radical (unpaired) electrons. The SMILES string of the molecule is [CH]1CCC/C=C/CCCCCCC1.